The highest BCUT2D eigenvalue weighted by atomic mass is 32.2. The molecule has 0 saturated carbocycles. The predicted octanol–water partition coefficient (Wildman–Crippen LogP) is 2.28. The van der Waals surface area contributed by atoms with Crippen LogP contribution in [0.3, 0.4) is 0 Å². The van der Waals surface area contributed by atoms with E-state index in [1.807, 2.05) is 0 Å². The molecule has 0 fully saturated rings. The third-order valence-electron chi connectivity index (χ3n) is 3.66. The summed E-state index contributed by atoms with van der Waals surface area (Å²) in [6, 6.07) is 11.0. The number of sulfonamides is 1. The molecular formula is C17H17NO6S. The Morgan fingerprint density at radius 1 is 1.04 bits per heavy atom. The average molecular weight is 363 g/mol. The number of ether oxygens (including phenoxy) is 2. The molecule has 0 atom stereocenters. The number of nitrogens with one attached hydrogen (secondary N) is 1. The minimum Gasteiger partial charge on any atom is -0.486 e. The molecule has 132 valence electrons. The summed E-state index contributed by atoms with van der Waals surface area (Å²) in [7, 11) is -3.75. The Morgan fingerprint density at radius 3 is 2.40 bits per heavy atom. The first-order chi connectivity index (χ1) is 11.9. The van der Waals surface area contributed by atoms with Crippen LogP contribution in [0.5, 0.6) is 11.5 Å². The summed E-state index contributed by atoms with van der Waals surface area (Å²) in [5, 5.41) is 8.68. The molecule has 0 unspecified atom stereocenters. The first-order valence-corrected chi connectivity index (χ1v) is 9.15. The summed E-state index contributed by atoms with van der Waals surface area (Å²) >= 11 is 0. The van der Waals surface area contributed by atoms with Crippen molar-refractivity contribution in [2.45, 2.75) is 17.7 Å². The van der Waals surface area contributed by atoms with E-state index in [4.69, 9.17) is 14.6 Å². The topological polar surface area (TPSA) is 102 Å². The second-order valence-electron chi connectivity index (χ2n) is 5.50. The lowest BCUT2D eigenvalue weighted by Crippen LogP contribution is -2.16. The molecule has 7 nitrogen and oxygen atoms in total. The van der Waals surface area contributed by atoms with Crippen molar-refractivity contribution in [3.05, 3.63) is 48.0 Å². The van der Waals surface area contributed by atoms with Gasteiger partial charge in [-0.3, -0.25) is 9.52 Å². The van der Waals surface area contributed by atoms with Gasteiger partial charge in [0.1, 0.15) is 13.2 Å². The Balaban J connectivity index is 1.74. The van der Waals surface area contributed by atoms with E-state index in [1.165, 1.54) is 12.1 Å². The first kappa shape index (κ1) is 17.1. The van der Waals surface area contributed by atoms with E-state index < -0.39 is 16.0 Å². The lowest BCUT2D eigenvalue weighted by Gasteiger charge is -2.19. The number of carbonyl (C=O) groups is 1. The number of hydrogen-bond acceptors (Lipinski definition) is 5. The van der Waals surface area contributed by atoms with Crippen LogP contribution < -0.4 is 14.2 Å². The van der Waals surface area contributed by atoms with Gasteiger partial charge in [0.15, 0.2) is 11.5 Å². The molecule has 0 spiro atoms. The molecule has 0 saturated heterocycles. The van der Waals surface area contributed by atoms with Crippen molar-refractivity contribution in [1.29, 1.82) is 0 Å². The summed E-state index contributed by atoms with van der Waals surface area (Å²) in [4.78, 5) is 10.7. The van der Waals surface area contributed by atoms with Crippen molar-refractivity contribution >= 4 is 21.7 Å². The van der Waals surface area contributed by atoms with Gasteiger partial charge in [-0.05, 0) is 36.2 Å². The monoisotopic (exact) mass is 363 g/mol. The van der Waals surface area contributed by atoms with E-state index in [0.717, 1.165) is 5.56 Å². The molecule has 2 aromatic carbocycles. The summed E-state index contributed by atoms with van der Waals surface area (Å²) in [5.41, 5.74) is 1.14. The number of fused-ring (bicyclic) bond motifs is 1. The van der Waals surface area contributed by atoms with E-state index >= 15 is 0 Å². The maximum absolute atomic E-state index is 12.5. The Morgan fingerprint density at radius 2 is 1.72 bits per heavy atom. The van der Waals surface area contributed by atoms with Gasteiger partial charge < -0.3 is 14.6 Å². The first-order valence-electron chi connectivity index (χ1n) is 7.67. The lowest BCUT2D eigenvalue weighted by atomic mass is 10.1. The van der Waals surface area contributed by atoms with Crippen molar-refractivity contribution in [1.82, 2.24) is 0 Å². The number of rotatable bonds is 6. The summed E-state index contributed by atoms with van der Waals surface area (Å²) < 4.78 is 38.3. The van der Waals surface area contributed by atoms with Gasteiger partial charge in [0.25, 0.3) is 10.0 Å². The molecule has 25 heavy (non-hydrogen) atoms. The number of benzene rings is 2. The third kappa shape index (κ3) is 4.21. The average Bonchev–Trinajstić information content (AvgIpc) is 2.60. The summed E-state index contributed by atoms with van der Waals surface area (Å²) in [6.45, 7) is 0.882. The van der Waals surface area contributed by atoms with Gasteiger partial charge in [0.2, 0.25) is 0 Å². The highest BCUT2D eigenvalue weighted by molar-refractivity contribution is 7.92. The number of aliphatic carboxylic acids is 1. The second kappa shape index (κ2) is 7.02. The van der Waals surface area contributed by atoms with Gasteiger partial charge in [0.05, 0.1) is 10.6 Å². The van der Waals surface area contributed by atoms with Crippen molar-refractivity contribution in [2.24, 2.45) is 0 Å². The highest BCUT2D eigenvalue weighted by Gasteiger charge is 2.17. The molecule has 0 bridgehead atoms. The summed E-state index contributed by atoms with van der Waals surface area (Å²) in [6.07, 6.45) is 0.354. The third-order valence-corrected chi connectivity index (χ3v) is 5.05. The van der Waals surface area contributed by atoms with Gasteiger partial charge in [-0.2, -0.15) is 0 Å². The van der Waals surface area contributed by atoms with Crippen LogP contribution in [0.25, 0.3) is 0 Å². The van der Waals surface area contributed by atoms with Crippen molar-refractivity contribution in [3.8, 4) is 11.5 Å². The normalized spacial score (nSPS) is 13.3. The number of carboxylic acid groups (broad SMARTS) is 1. The smallest absolute Gasteiger partial charge is 0.303 e. The van der Waals surface area contributed by atoms with Gasteiger partial charge >= 0.3 is 5.97 Å². The van der Waals surface area contributed by atoms with Crippen LogP contribution in [0.15, 0.2) is 47.4 Å². The van der Waals surface area contributed by atoms with Gasteiger partial charge in [-0.1, -0.05) is 12.1 Å². The Bertz CT molecular complexity index is 877. The second-order valence-corrected chi connectivity index (χ2v) is 7.18. The minimum atomic E-state index is -3.75. The van der Waals surface area contributed by atoms with Crippen LogP contribution >= 0.6 is 0 Å². The Kier molecular flexibility index (Phi) is 4.80. The lowest BCUT2D eigenvalue weighted by molar-refractivity contribution is -0.136. The number of carboxylic acids is 1. The standard InChI is InChI=1S/C17H17NO6S/c19-17(20)8-3-12-1-5-14(6-2-12)25(21,22)18-13-4-7-15-16(11-13)24-10-9-23-15/h1-2,4-7,11,18H,3,8-10H2,(H,19,20). The van der Waals surface area contributed by atoms with E-state index in [0.29, 0.717) is 36.8 Å². The van der Waals surface area contributed by atoms with E-state index in [1.54, 1.807) is 30.3 Å². The fourth-order valence-electron chi connectivity index (χ4n) is 2.41. The van der Waals surface area contributed by atoms with E-state index in [-0.39, 0.29) is 11.3 Å². The maximum atomic E-state index is 12.5. The largest absolute Gasteiger partial charge is 0.486 e. The van der Waals surface area contributed by atoms with Gasteiger partial charge in [-0.15, -0.1) is 0 Å². The number of anilines is 1. The minimum absolute atomic E-state index is 0.00153. The molecule has 2 aromatic rings. The van der Waals surface area contributed by atoms with Gasteiger partial charge in [0, 0.05) is 12.5 Å². The fraction of sp³-hybridized carbons (Fsp3) is 0.235. The maximum Gasteiger partial charge on any atom is 0.303 e. The highest BCUT2D eigenvalue weighted by Crippen LogP contribution is 2.33. The Hall–Kier alpha value is -2.74. The summed E-state index contributed by atoms with van der Waals surface area (Å²) in [5.74, 6) is 0.185. The van der Waals surface area contributed by atoms with Crippen molar-refractivity contribution < 1.29 is 27.8 Å². The molecule has 3 rings (SSSR count). The molecule has 0 radical (unpaired) electrons. The number of hydrogen-bond donors (Lipinski definition) is 2. The molecule has 0 amide bonds. The molecule has 0 aromatic heterocycles. The SMILES string of the molecule is O=C(O)CCc1ccc(S(=O)(=O)Nc2ccc3c(c2)OCCO3)cc1. The van der Waals surface area contributed by atoms with Gasteiger partial charge in [-0.25, -0.2) is 8.42 Å². The zero-order valence-corrected chi connectivity index (χ0v) is 14.1. The molecule has 0 aliphatic carbocycles. The zero-order valence-electron chi connectivity index (χ0n) is 13.3. The van der Waals surface area contributed by atoms with E-state index in [9.17, 15) is 13.2 Å². The van der Waals surface area contributed by atoms with E-state index in [2.05, 4.69) is 4.72 Å². The van der Waals surface area contributed by atoms with Crippen LogP contribution in [0.4, 0.5) is 5.69 Å². The molecule has 1 aliphatic rings. The molecular weight excluding hydrogens is 346 g/mol. The van der Waals surface area contributed by atoms with Crippen LogP contribution in [0.1, 0.15) is 12.0 Å². The fourth-order valence-corrected chi connectivity index (χ4v) is 3.46. The predicted molar refractivity (Wildman–Crippen MR) is 90.6 cm³/mol. The molecule has 2 N–H and O–H groups in total. The molecule has 1 heterocycles. The Labute approximate surface area is 145 Å². The van der Waals surface area contributed by atoms with Crippen LogP contribution in [0.2, 0.25) is 0 Å². The van der Waals surface area contributed by atoms with Crippen LogP contribution in [-0.4, -0.2) is 32.7 Å². The van der Waals surface area contributed by atoms with Crippen LogP contribution in [0, 0.1) is 0 Å². The van der Waals surface area contributed by atoms with Crippen molar-refractivity contribution in [3.63, 3.8) is 0 Å². The molecule has 1 aliphatic heterocycles. The zero-order chi connectivity index (χ0) is 17.9. The van der Waals surface area contributed by atoms with Crippen molar-refractivity contribution in [2.75, 3.05) is 17.9 Å². The number of aryl methyl sites for hydroxylation is 1. The molecule has 8 heteroatoms. The van der Waals surface area contributed by atoms with Crippen LogP contribution in [-0.2, 0) is 21.2 Å². The quantitative estimate of drug-likeness (QED) is 0.816.